The maximum absolute atomic E-state index is 12.9. The molecule has 1 unspecified atom stereocenters. The van der Waals surface area contributed by atoms with Crippen LogP contribution in [0.2, 0.25) is 0 Å². The smallest absolute Gasteiger partial charge is 0.152 e. The number of Topliss-reactive ketones (excluding diaryl/α,β-unsaturated/α-hetero) is 1. The Balaban J connectivity index is 2.45. The predicted molar refractivity (Wildman–Crippen MR) is 113 cm³/mol. The molecule has 0 aliphatic carbocycles. The number of carbonyl (C=O) groups excluding carboxylic acids is 1. The summed E-state index contributed by atoms with van der Waals surface area (Å²) in [5, 5.41) is 0. The molecule has 1 aromatic rings. The van der Waals surface area contributed by atoms with Crippen LogP contribution < -0.4 is 5.73 Å². The first-order valence-corrected chi connectivity index (χ1v) is 11.0. The topological polar surface area (TPSA) is 43.1 Å². The summed E-state index contributed by atoms with van der Waals surface area (Å²) in [5.74, 6) is 0.493. The molecule has 0 amide bonds. The van der Waals surface area contributed by atoms with Crippen LogP contribution in [0, 0.1) is 5.92 Å². The fourth-order valence-electron chi connectivity index (χ4n) is 3.65. The molecule has 0 aliphatic heterocycles. The van der Waals surface area contributed by atoms with Gasteiger partial charge in [0.05, 0.1) is 6.04 Å². The average molecular weight is 360 g/mol. The van der Waals surface area contributed by atoms with E-state index in [0.717, 1.165) is 25.7 Å². The number of hydrogen-bond acceptors (Lipinski definition) is 2. The molecular formula is C24H41NO. The molecule has 0 radical (unpaired) electrons. The molecule has 2 nitrogen and oxygen atoms in total. The molecular weight excluding hydrogens is 318 g/mol. The number of carbonyl (C=O) groups is 1. The summed E-state index contributed by atoms with van der Waals surface area (Å²) >= 11 is 0. The first kappa shape index (κ1) is 22.9. The lowest BCUT2D eigenvalue weighted by atomic mass is 9.86. The molecule has 148 valence electrons. The van der Waals surface area contributed by atoms with Gasteiger partial charge in [-0.15, -0.1) is 0 Å². The Labute approximate surface area is 162 Å². The molecule has 26 heavy (non-hydrogen) atoms. The quantitative estimate of drug-likeness (QED) is 0.344. The lowest BCUT2D eigenvalue weighted by Gasteiger charge is -2.20. The van der Waals surface area contributed by atoms with Crippen molar-refractivity contribution in [1.29, 1.82) is 0 Å². The van der Waals surface area contributed by atoms with Crippen LogP contribution in [0.4, 0.5) is 0 Å². The fourth-order valence-corrected chi connectivity index (χ4v) is 3.65. The zero-order valence-electron chi connectivity index (χ0n) is 17.2. The van der Waals surface area contributed by atoms with Crippen LogP contribution in [0.25, 0.3) is 0 Å². The van der Waals surface area contributed by atoms with E-state index in [1.807, 2.05) is 6.07 Å². The summed E-state index contributed by atoms with van der Waals surface area (Å²) < 4.78 is 0. The molecule has 2 atom stereocenters. The fraction of sp³-hybridized carbons (Fsp3) is 0.708. The maximum Gasteiger partial charge on any atom is 0.152 e. The maximum atomic E-state index is 12.9. The van der Waals surface area contributed by atoms with Gasteiger partial charge in [-0.3, -0.25) is 4.79 Å². The van der Waals surface area contributed by atoms with Crippen LogP contribution >= 0.6 is 0 Å². The van der Waals surface area contributed by atoms with Gasteiger partial charge in [0.2, 0.25) is 0 Å². The standard InChI is InChI=1S/C24H41NO/c1-3-5-7-9-14-18-22(17-13-8-6-4-2)24(26)23(25)20-19-21-15-11-10-12-16-21/h10-12,15-16,22-23H,3-9,13-14,17-20,25H2,1-2H3/t22?,23-/m0/s1. The Morgan fingerprint density at radius 3 is 1.92 bits per heavy atom. The third-order valence-corrected chi connectivity index (χ3v) is 5.42. The van der Waals surface area contributed by atoms with Crippen molar-refractivity contribution < 1.29 is 4.79 Å². The molecule has 0 aromatic heterocycles. The Morgan fingerprint density at radius 1 is 0.808 bits per heavy atom. The van der Waals surface area contributed by atoms with Crippen molar-refractivity contribution in [1.82, 2.24) is 0 Å². The lowest BCUT2D eigenvalue weighted by Crippen LogP contribution is -2.36. The number of rotatable bonds is 16. The summed E-state index contributed by atoms with van der Waals surface area (Å²) in [6, 6.07) is 10.1. The highest BCUT2D eigenvalue weighted by Gasteiger charge is 2.23. The van der Waals surface area contributed by atoms with Crippen LogP contribution in [0.1, 0.15) is 96.5 Å². The van der Waals surface area contributed by atoms with Crippen molar-refractivity contribution in [2.24, 2.45) is 11.7 Å². The molecule has 0 spiro atoms. The average Bonchev–Trinajstić information content (AvgIpc) is 2.67. The van der Waals surface area contributed by atoms with Gasteiger partial charge in [0.1, 0.15) is 0 Å². The van der Waals surface area contributed by atoms with Crippen LogP contribution in [0.15, 0.2) is 30.3 Å². The largest absolute Gasteiger partial charge is 0.321 e. The minimum atomic E-state index is -0.304. The molecule has 0 fully saturated rings. The highest BCUT2D eigenvalue weighted by molar-refractivity contribution is 5.86. The number of hydrogen-bond donors (Lipinski definition) is 1. The molecule has 2 heteroatoms. The zero-order valence-corrected chi connectivity index (χ0v) is 17.2. The first-order valence-electron chi connectivity index (χ1n) is 11.0. The van der Waals surface area contributed by atoms with Crippen LogP contribution in [0.3, 0.4) is 0 Å². The second-order valence-corrected chi connectivity index (χ2v) is 7.78. The van der Waals surface area contributed by atoms with Crippen molar-refractivity contribution in [2.45, 2.75) is 103 Å². The van der Waals surface area contributed by atoms with E-state index in [4.69, 9.17) is 5.73 Å². The zero-order chi connectivity index (χ0) is 19.0. The Morgan fingerprint density at radius 2 is 1.35 bits per heavy atom. The number of unbranched alkanes of at least 4 members (excludes halogenated alkanes) is 7. The highest BCUT2D eigenvalue weighted by atomic mass is 16.1. The van der Waals surface area contributed by atoms with Crippen molar-refractivity contribution in [3.63, 3.8) is 0 Å². The van der Waals surface area contributed by atoms with E-state index in [2.05, 4.69) is 38.1 Å². The summed E-state index contributed by atoms with van der Waals surface area (Å²) in [7, 11) is 0. The van der Waals surface area contributed by atoms with E-state index in [9.17, 15) is 4.79 Å². The summed E-state index contributed by atoms with van der Waals surface area (Å²) in [6.45, 7) is 4.47. The SMILES string of the molecule is CCCCCCCC(CCCCCC)C(=O)[C@@H](N)CCc1ccccc1. The normalized spacial score (nSPS) is 13.5. The van der Waals surface area contributed by atoms with Gasteiger partial charge in [0.15, 0.2) is 5.78 Å². The van der Waals surface area contributed by atoms with E-state index in [1.54, 1.807) is 0 Å². The molecule has 1 aromatic carbocycles. The molecule has 2 N–H and O–H groups in total. The Kier molecular flexibility index (Phi) is 13.2. The monoisotopic (exact) mass is 359 g/mol. The van der Waals surface area contributed by atoms with Crippen LogP contribution in [-0.4, -0.2) is 11.8 Å². The minimum absolute atomic E-state index is 0.180. The molecule has 1 rings (SSSR count). The van der Waals surface area contributed by atoms with Crippen LogP contribution in [-0.2, 0) is 11.2 Å². The van der Waals surface area contributed by atoms with Crippen molar-refractivity contribution in [2.75, 3.05) is 0 Å². The predicted octanol–water partition coefficient (Wildman–Crippen LogP) is 6.46. The first-order chi connectivity index (χ1) is 12.7. The van der Waals surface area contributed by atoms with Crippen molar-refractivity contribution in [3.05, 3.63) is 35.9 Å². The number of aryl methyl sites for hydroxylation is 1. The van der Waals surface area contributed by atoms with Gasteiger partial charge in [0, 0.05) is 5.92 Å². The second-order valence-electron chi connectivity index (χ2n) is 7.78. The third-order valence-electron chi connectivity index (χ3n) is 5.42. The molecule has 0 bridgehead atoms. The summed E-state index contributed by atoms with van der Waals surface area (Å²) in [4.78, 5) is 12.9. The summed E-state index contributed by atoms with van der Waals surface area (Å²) in [5.41, 5.74) is 7.57. The van der Waals surface area contributed by atoms with Crippen molar-refractivity contribution >= 4 is 5.78 Å². The molecule has 0 saturated heterocycles. The van der Waals surface area contributed by atoms with E-state index in [0.29, 0.717) is 5.78 Å². The van der Waals surface area contributed by atoms with Gasteiger partial charge in [0.25, 0.3) is 0 Å². The highest BCUT2D eigenvalue weighted by Crippen LogP contribution is 2.21. The third kappa shape index (κ3) is 10.1. The molecule has 0 aliphatic rings. The van der Waals surface area contributed by atoms with Crippen LogP contribution in [0.5, 0.6) is 0 Å². The number of nitrogens with two attached hydrogens (primary N) is 1. The summed E-state index contributed by atoms with van der Waals surface area (Å²) in [6.07, 6.45) is 15.0. The Hall–Kier alpha value is -1.15. The molecule has 0 heterocycles. The lowest BCUT2D eigenvalue weighted by molar-refractivity contribution is -0.124. The van der Waals surface area contributed by atoms with Gasteiger partial charge in [-0.25, -0.2) is 0 Å². The van der Waals surface area contributed by atoms with E-state index < -0.39 is 0 Å². The van der Waals surface area contributed by atoms with Gasteiger partial charge < -0.3 is 5.73 Å². The molecule has 0 saturated carbocycles. The number of benzene rings is 1. The van der Waals surface area contributed by atoms with Gasteiger partial charge in [-0.05, 0) is 31.2 Å². The minimum Gasteiger partial charge on any atom is -0.321 e. The van der Waals surface area contributed by atoms with Gasteiger partial charge >= 0.3 is 0 Å². The second kappa shape index (κ2) is 15.0. The van der Waals surface area contributed by atoms with E-state index in [-0.39, 0.29) is 12.0 Å². The van der Waals surface area contributed by atoms with Gasteiger partial charge in [-0.1, -0.05) is 102 Å². The number of ketones is 1. The Bertz CT molecular complexity index is 457. The van der Waals surface area contributed by atoms with E-state index in [1.165, 1.54) is 63.4 Å². The van der Waals surface area contributed by atoms with Gasteiger partial charge in [-0.2, -0.15) is 0 Å². The van der Waals surface area contributed by atoms with Crippen molar-refractivity contribution in [3.8, 4) is 0 Å². The van der Waals surface area contributed by atoms with E-state index >= 15 is 0 Å².